The highest BCUT2D eigenvalue weighted by Gasteiger charge is 2.28. The van der Waals surface area contributed by atoms with Crippen molar-refractivity contribution in [1.29, 1.82) is 0 Å². The van der Waals surface area contributed by atoms with Crippen molar-refractivity contribution < 1.29 is 5.11 Å². The Bertz CT molecular complexity index is 383. The van der Waals surface area contributed by atoms with Crippen molar-refractivity contribution in [1.82, 2.24) is 30.0 Å². The van der Waals surface area contributed by atoms with Crippen LogP contribution in [-0.4, -0.2) is 74.4 Å². The fourth-order valence-electron chi connectivity index (χ4n) is 2.43. The van der Waals surface area contributed by atoms with Crippen molar-refractivity contribution in [2.75, 3.05) is 39.3 Å². The van der Waals surface area contributed by atoms with Crippen LogP contribution in [0.2, 0.25) is 0 Å². The molecule has 1 saturated carbocycles. The minimum Gasteiger partial charge on any atom is -0.395 e. The molecule has 2 heterocycles. The van der Waals surface area contributed by atoms with Crippen LogP contribution in [0.1, 0.15) is 24.7 Å². The Labute approximate surface area is 106 Å². The molecule has 100 valence electrons. The summed E-state index contributed by atoms with van der Waals surface area (Å²) in [6.07, 6.45) is 2.42. The molecule has 0 aromatic carbocycles. The average Bonchev–Trinajstić information content (AvgIpc) is 3.13. The zero-order chi connectivity index (χ0) is 12.4. The molecule has 3 rings (SSSR count). The highest BCUT2D eigenvalue weighted by molar-refractivity contribution is 4.91. The Morgan fingerprint density at radius 2 is 1.83 bits per heavy atom. The number of rotatable bonds is 5. The predicted molar refractivity (Wildman–Crippen MR) is 64.9 cm³/mol. The van der Waals surface area contributed by atoms with Crippen molar-refractivity contribution in [3.05, 3.63) is 5.82 Å². The Hall–Kier alpha value is -1.05. The fourth-order valence-corrected chi connectivity index (χ4v) is 2.43. The molecular formula is C11H20N6O. The van der Waals surface area contributed by atoms with Gasteiger partial charge in [-0.15, -0.1) is 5.10 Å². The molecule has 1 aromatic rings. The number of nitrogens with zero attached hydrogens (tertiary/aromatic N) is 6. The summed E-state index contributed by atoms with van der Waals surface area (Å²) in [6, 6.07) is 0.547. The number of aromatic nitrogens is 4. The van der Waals surface area contributed by atoms with E-state index in [1.165, 1.54) is 12.8 Å². The molecule has 0 spiro atoms. The van der Waals surface area contributed by atoms with Gasteiger partial charge in [-0.05, 0) is 23.3 Å². The number of tetrazole rings is 1. The van der Waals surface area contributed by atoms with E-state index in [-0.39, 0.29) is 6.61 Å². The monoisotopic (exact) mass is 252 g/mol. The first-order chi connectivity index (χ1) is 8.86. The second kappa shape index (κ2) is 5.29. The first-order valence-electron chi connectivity index (χ1n) is 6.69. The van der Waals surface area contributed by atoms with E-state index in [0.29, 0.717) is 6.04 Å². The highest BCUT2D eigenvalue weighted by atomic mass is 16.3. The maximum absolute atomic E-state index is 8.91. The zero-order valence-electron chi connectivity index (χ0n) is 10.6. The van der Waals surface area contributed by atoms with Gasteiger partial charge in [0.15, 0.2) is 5.82 Å². The smallest absolute Gasteiger partial charge is 0.165 e. The topological polar surface area (TPSA) is 70.3 Å². The van der Waals surface area contributed by atoms with Crippen LogP contribution in [0, 0.1) is 0 Å². The summed E-state index contributed by atoms with van der Waals surface area (Å²) < 4.78 is 1.99. The van der Waals surface area contributed by atoms with Crippen LogP contribution in [0.4, 0.5) is 0 Å². The van der Waals surface area contributed by atoms with Gasteiger partial charge in [-0.3, -0.25) is 9.80 Å². The lowest BCUT2D eigenvalue weighted by atomic mass is 10.3. The van der Waals surface area contributed by atoms with Crippen molar-refractivity contribution >= 4 is 0 Å². The Balaban J connectivity index is 1.52. The van der Waals surface area contributed by atoms with Gasteiger partial charge in [-0.25, -0.2) is 4.68 Å². The van der Waals surface area contributed by atoms with Crippen molar-refractivity contribution in [3.63, 3.8) is 0 Å². The predicted octanol–water partition coefficient (Wildman–Crippen LogP) is -0.882. The molecule has 1 aliphatic heterocycles. The minimum absolute atomic E-state index is 0.250. The van der Waals surface area contributed by atoms with Crippen molar-refractivity contribution in [2.45, 2.75) is 25.4 Å². The number of β-amino-alcohol motifs (C(OH)–C–C–N with tert-alkyl or cyclic N) is 1. The summed E-state index contributed by atoms with van der Waals surface area (Å²) in [5.74, 6) is 0.994. The summed E-state index contributed by atoms with van der Waals surface area (Å²) in [4.78, 5) is 4.68. The fraction of sp³-hybridized carbons (Fsp3) is 0.909. The Morgan fingerprint density at radius 1 is 1.11 bits per heavy atom. The van der Waals surface area contributed by atoms with Crippen LogP contribution in [-0.2, 0) is 6.54 Å². The molecular weight excluding hydrogens is 232 g/mol. The van der Waals surface area contributed by atoms with Gasteiger partial charge in [0, 0.05) is 32.7 Å². The largest absolute Gasteiger partial charge is 0.395 e. The minimum atomic E-state index is 0.250. The van der Waals surface area contributed by atoms with Gasteiger partial charge < -0.3 is 5.11 Å². The Morgan fingerprint density at radius 3 is 2.50 bits per heavy atom. The summed E-state index contributed by atoms with van der Waals surface area (Å²) >= 11 is 0. The molecule has 7 nitrogen and oxygen atoms in total. The third kappa shape index (κ3) is 2.68. The van der Waals surface area contributed by atoms with Gasteiger partial charge in [0.2, 0.25) is 0 Å². The lowest BCUT2D eigenvalue weighted by molar-refractivity contribution is 0.106. The van der Waals surface area contributed by atoms with Gasteiger partial charge in [0.1, 0.15) is 0 Å². The molecule has 1 saturated heterocycles. The third-order valence-corrected chi connectivity index (χ3v) is 3.70. The molecule has 2 aliphatic rings. The lowest BCUT2D eigenvalue weighted by Gasteiger charge is -2.33. The molecule has 18 heavy (non-hydrogen) atoms. The summed E-state index contributed by atoms with van der Waals surface area (Å²) in [7, 11) is 0. The molecule has 0 radical (unpaired) electrons. The summed E-state index contributed by atoms with van der Waals surface area (Å²) in [5.41, 5.74) is 0. The maximum Gasteiger partial charge on any atom is 0.165 e. The number of hydrogen-bond acceptors (Lipinski definition) is 6. The summed E-state index contributed by atoms with van der Waals surface area (Å²) in [6.45, 7) is 5.97. The third-order valence-electron chi connectivity index (χ3n) is 3.70. The van der Waals surface area contributed by atoms with Crippen LogP contribution in [0.5, 0.6) is 0 Å². The Kier molecular flexibility index (Phi) is 3.53. The zero-order valence-corrected chi connectivity index (χ0v) is 10.6. The van der Waals surface area contributed by atoms with Gasteiger partial charge in [0.05, 0.1) is 19.2 Å². The first-order valence-corrected chi connectivity index (χ1v) is 6.69. The van der Waals surface area contributed by atoms with Crippen LogP contribution < -0.4 is 0 Å². The molecule has 1 aliphatic carbocycles. The number of piperazine rings is 1. The van der Waals surface area contributed by atoms with E-state index in [2.05, 4.69) is 25.3 Å². The van der Waals surface area contributed by atoms with Crippen molar-refractivity contribution in [2.24, 2.45) is 0 Å². The van der Waals surface area contributed by atoms with E-state index in [9.17, 15) is 0 Å². The maximum atomic E-state index is 8.91. The van der Waals surface area contributed by atoms with Gasteiger partial charge >= 0.3 is 0 Å². The van der Waals surface area contributed by atoms with E-state index in [1.807, 2.05) is 4.68 Å². The van der Waals surface area contributed by atoms with E-state index in [4.69, 9.17) is 5.11 Å². The molecule has 1 aromatic heterocycles. The van der Waals surface area contributed by atoms with Gasteiger partial charge in [-0.2, -0.15) is 0 Å². The quantitative estimate of drug-likeness (QED) is 0.734. The van der Waals surface area contributed by atoms with E-state index in [0.717, 1.165) is 45.1 Å². The first kappa shape index (κ1) is 12.0. The number of aliphatic hydroxyl groups excluding tert-OH is 1. The highest BCUT2D eigenvalue weighted by Crippen LogP contribution is 2.34. The number of aliphatic hydroxyl groups is 1. The van der Waals surface area contributed by atoms with Gasteiger partial charge in [-0.1, -0.05) is 0 Å². The second-order valence-corrected chi connectivity index (χ2v) is 5.11. The molecule has 0 bridgehead atoms. The van der Waals surface area contributed by atoms with Crippen LogP contribution >= 0.6 is 0 Å². The summed E-state index contributed by atoms with van der Waals surface area (Å²) in [5, 5.41) is 20.9. The SMILES string of the molecule is OCCN1CCN(Cc2nnnn2C2CC2)CC1. The van der Waals surface area contributed by atoms with Crippen LogP contribution in [0.25, 0.3) is 0 Å². The second-order valence-electron chi connectivity index (χ2n) is 5.11. The normalized spacial score (nSPS) is 22.5. The average molecular weight is 252 g/mol. The lowest BCUT2D eigenvalue weighted by Crippen LogP contribution is -2.46. The molecule has 0 unspecified atom stereocenters. The van der Waals surface area contributed by atoms with Gasteiger partial charge in [0.25, 0.3) is 0 Å². The van der Waals surface area contributed by atoms with Crippen molar-refractivity contribution in [3.8, 4) is 0 Å². The van der Waals surface area contributed by atoms with E-state index < -0.39 is 0 Å². The van der Waals surface area contributed by atoms with Crippen LogP contribution in [0.15, 0.2) is 0 Å². The molecule has 0 amide bonds. The molecule has 2 fully saturated rings. The standard InChI is InChI=1S/C11H20N6O/c18-8-7-15-3-5-16(6-4-15)9-11-12-13-14-17(11)10-1-2-10/h10,18H,1-9H2. The molecule has 0 atom stereocenters. The van der Waals surface area contributed by atoms with E-state index >= 15 is 0 Å². The van der Waals surface area contributed by atoms with Crippen LogP contribution in [0.3, 0.4) is 0 Å². The number of hydrogen-bond donors (Lipinski definition) is 1. The van der Waals surface area contributed by atoms with E-state index in [1.54, 1.807) is 0 Å². The molecule has 1 N–H and O–H groups in total. The molecule has 7 heteroatoms.